The Morgan fingerprint density at radius 1 is 1.08 bits per heavy atom. The second-order valence-corrected chi connectivity index (χ2v) is 8.49. The van der Waals surface area contributed by atoms with E-state index in [-0.39, 0.29) is 10.8 Å². The van der Waals surface area contributed by atoms with Crippen LogP contribution in [0, 0.1) is 0 Å². The van der Waals surface area contributed by atoms with E-state index in [9.17, 15) is 13.2 Å². The third-order valence-corrected chi connectivity index (χ3v) is 6.40. The van der Waals surface area contributed by atoms with E-state index in [0.717, 1.165) is 25.9 Å². The molecular weight excluding hydrogens is 350 g/mol. The maximum atomic E-state index is 12.9. The van der Waals surface area contributed by atoms with Crippen molar-refractivity contribution in [1.29, 1.82) is 0 Å². The minimum absolute atomic E-state index is 0.0899. The van der Waals surface area contributed by atoms with Gasteiger partial charge in [0, 0.05) is 25.6 Å². The summed E-state index contributed by atoms with van der Waals surface area (Å²) in [4.78, 5) is 13.6. The first-order valence-corrected chi connectivity index (χ1v) is 10.2. The van der Waals surface area contributed by atoms with E-state index in [2.05, 4.69) is 5.32 Å². The number of carbonyl (C=O) groups excluding carboxylic acids is 1. The molecule has 2 aromatic rings. The molecule has 138 valence electrons. The molecule has 7 heteroatoms. The third-order valence-electron chi connectivity index (χ3n) is 4.62. The first kappa shape index (κ1) is 18.4. The Labute approximate surface area is 154 Å². The van der Waals surface area contributed by atoms with Gasteiger partial charge in [0.15, 0.2) is 6.54 Å². The van der Waals surface area contributed by atoms with Crippen molar-refractivity contribution < 1.29 is 18.1 Å². The van der Waals surface area contributed by atoms with E-state index in [0.29, 0.717) is 17.9 Å². The molecule has 0 atom stereocenters. The molecular formula is C19H24N3O3S+. The fourth-order valence-corrected chi connectivity index (χ4v) is 4.40. The molecule has 0 aromatic heterocycles. The molecule has 1 heterocycles. The zero-order valence-corrected chi connectivity index (χ0v) is 15.6. The van der Waals surface area contributed by atoms with Crippen LogP contribution in [0.1, 0.15) is 12.8 Å². The lowest BCUT2D eigenvalue weighted by atomic mass is 10.3. The number of quaternary nitrogens is 1. The molecule has 26 heavy (non-hydrogen) atoms. The number of hydrogen-bond donors (Lipinski definition) is 2. The number of nitrogens with zero attached hydrogens (tertiary/aromatic N) is 1. The molecule has 1 aliphatic rings. The number of amides is 1. The van der Waals surface area contributed by atoms with Gasteiger partial charge in [-0.05, 0) is 30.3 Å². The van der Waals surface area contributed by atoms with Crippen LogP contribution in [0.15, 0.2) is 59.5 Å². The lowest BCUT2D eigenvalue weighted by Crippen LogP contribution is -3.11. The quantitative estimate of drug-likeness (QED) is 0.796. The Morgan fingerprint density at radius 3 is 2.46 bits per heavy atom. The van der Waals surface area contributed by atoms with Crippen molar-refractivity contribution in [2.24, 2.45) is 0 Å². The van der Waals surface area contributed by atoms with Crippen molar-refractivity contribution in [3.05, 3.63) is 54.6 Å². The Balaban J connectivity index is 1.74. The van der Waals surface area contributed by atoms with Crippen molar-refractivity contribution in [3.63, 3.8) is 0 Å². The molecule has 0 radical (unpaired) electrons. The maximum Gasteiger partial charge on any atom is 0.279 e. The van der Waals surface area contributed by atoms with Gasteiger partial charge in [0.1, 0.15) is 0 Å². The van der Waals surface area contributed by atoms with Crippen molar-refractivity contribution in [2.45, 2.75) is 17.7 Å². The fraction of sp³-hybridized carbons (Fsp3) is 0.316. The Morgan fingerprint density at radius 2 is 1.77 bits per heavy atom. The van der Waals surface area contributed by atoms with Crippen LogP contribution in [-0.4, -0.2) is 41.0 Å². The van der Waals surface area contributed by atoms with Gasteiger partial charge in [-0.25, -0.2) is 8.42 Å². The molecule has 0 spiro atoms. The van der Waals surface area contributed by atoms with Crippen LogP contribution < -0.4 is 14.5 Å². The number of rotatable bonds is 6. The lowest BCUT2D eigenvalue weighted by Gasteiger charge is -2.20. The number of benzene rings is 2. The van der Waals surface area contributed by atoms with Crippen LogP contribution >= 0.6 is 0 Å². The zero-order chi connectivity index (χ0) is 18.6. The first-order chi connectivity index (χ1) is 12.5. The molecule has 1 fully saturated rings. The summed E-state index contributed by atoms with van der Waals surface area (Å²) in [6.07, 6.45) is 2.31. The second kappa shape index (κ2) is 7.88. The highest BCUT2D eigenvalue weighted by Gasteiger charge is 2.22. The Hall–Kier alpha value is -2.38. The summed E-state index contributed by atoms with van der Waals surface area (Å²) in [6, 6.07) is 15.3. The van der Waals surface area contributed by atoms with E-state index in [4.69, 9.17) is 0 Å². The molecule has 1 saturated heterocycles. The van der Waals surface area contributed by atoms with Crippen molar-refractivity contribution >= 4 is 27.3 Å². The van der Waals surface area contributed by atoms with Gasteiger partial charge in [-0.3, -0.25) is 9.10 Å². The lowest BCUT2D eigenvalue weighted by molar-refractivity contribution is -0.878. The molecule has 2 N–H and O–H groups in total. The van der Waals surface area contributed by atoms with Gasteiger partial charge in [0.25, 0.3) is 15.9 Å². The van der Waals surface area contributed by atoms with Crippen LogP contribution in [-0.2, 0) is 14.8 Å². The van der Waals surface area contributed by atoms with Gasteiger partial charge >= 0.3 is 0 Å². The molecule has 0 bridgehead atoms. The first-order valence-electron chi connectivity index (χ1n) is 8.74. The Bertz CT molecular complexity index is 863. The maximum absolute atomic E-state index is 12.9. The highest BCUT2D eigenvalue weighted by atomic mass is 32.2. The molecule has 0 unspecified atom stereocenters. The highest BCUT2D eigenvalue weighted by molar-refractivity contribution is 7.92. The smallest absolute Gasteiger partial charge is 0.279 e. The molecule has 6 nitrogen and oxygen atoms in total. The highest BCUT2D eigenvalue weighted by Crippen LogP contribution is 2.23. The van der Waals surface area contributed by atoms with E-state index in [1.54, 1.807) is 36.4 Å². The molecule has 2 aromatic carbocycles. The summed E-state index contributed by atoms with van der Waals surface area (Å²) in [5.74, 6) is -0.0899. The third kappa shape index (κ3) is 4.23. The number of anilines is 2. The summed E-state index contributed by atoms with van der Waals surface area (Å²) >= 11 is 0. The standard InChI is InChI=1S/C19H23N3O3S/c1-21(17-9-3-2-4-10-17)26(24,25)18-11-7-8-16(14-18)20-19(23)15-22-12-5-6-13-22/h2-4,7-11,14H,5-6,12-13,15H2,1H3,(H,20,23)/p+1. The molecule has 3 rings (SSSR count). The monoisotopic (exact) mass is 374 g/mol. The summed E-state index contributed by atoms with van der Waals surface area (Å²) in [5, 5.41) is 2.82. The Kier molecular flexibility index (Phi) is 5.58. The second-order valence-electron chi connectivity index (χ2n) is 6.52. The minimum Gasteiger partial charge on any atom is -0.327 e. The zero-order valence-electron chi connectivity index (χ0n) is 14.8. The van der Waals surface area contributed by atoms with Gasteiger partial charge in [0.2, 0.25) is 0 Å². The number of carbonyl (C=O) groups is 1. The number of hydrogen-bond acceptors (Lipinski definition) is 3. The summed E-state index contributed by atoms with van der Waals surface area (Å²) in [7, 11) is -2.18. The van der Waals surface area contributed by atoms with Crippen molar-refractivity contribution in [3.8, 4) is 0 Å². The number of nitrogens with one attached hydrogen (secondary N) is 2. The largest absolute Gasteiger partial charge is 0.327 e. The molecule has 0 aliphatic carbocycles. The molecule has 0 saturated carbocycles. The van der Waals surface area contributed by atoms with Gasteiger partial charge in [0.05, 0.1) is 23.7 Å². The number of para-hydroxylation sites is 1. The summed E-state index contributed by atoms with van der Waals surface area (Å²) in [5.41, 5.74) is 1.08. The average Bonchev–Trinajstić information content (AvgIpc) is 3.14. The van der Waals surface area contributed by atoms with E-state index < -0.39 is 10.0 Å². The van der Waals surface area contributed by atoms with Crippen LogP contribution in [0.3, 0.4) is 0 Å². The van der Waals surface area contributed by atoms with Crippen LogP contribution in [0.5, 0.6) is 0 Å². The van der Waals surface area contributed by atoms with Gasteiger partial charge in [-0.2, -0.15) is 0 Å². The molecule has 1 amide bonds. The van der Waals surface area contributed by atoms with Crippen molar-refractivity contribution in [1.82, 2.24) is 0 Å². The van der Waals surface area contributed by atoms with E-state index in [1.165, 1.54) is 28.4 Å². The van der Waals surface area contributed by atoms with Gasteiger partial charge in [-0.15, -0.1) is 0 Å². The van der Waals surface area contributed by atoms with Gasteiger partial charge in [-0.1, -0.05) is 24.3 Å². The van der Waals surface area contributed by atoms with Crippen LogP contribution in [0.25, 0.3) is 0 Å². The summed E-state index contributed by atoms with van der Waals surface area (Å²) in [6.45, 7) is 2.45. The van der Waals surface area contributed by atoms with Crippen LogP contribution in [0.4, 0.5) is 11.4 Å². The predicted molar refractivity (Wildman–Crippen MR) is 102 cm³/mol. The van der Waals surface area contributed by atoms with Gasteiger partial charge < -0.3 is 10.2 Å². The topological polar surface area (TPSA) is 70.9 Å². The average molecular weight is 374 g/mol. The van der Waals surface area contributed by atoms with E-state index >= 15 is 0 Å². The fourth-order valence-electron chi connectivity index (χ4n) is 3.15. The van der Waals surface area contributed by atoms with Crippen molar-refractivity contribution in [2.75, 3.05) is 36.3 Å². The summed E-state index contributed by atoms with van der Waals surface area (Å²) < 4.78 is 27.0. The normalized spacial score (nSPS) is 15.0. The molecule has 1 aliphatic heterocycles. The SMILES string of the molecule is CN(c1ccccc1)S(=O)(=O)c1cccc(NC(=O)C[NH+]2CCCC2)c1. The minimum atomic E-state index is -3.70. The number of sulfonamides is 1. The van der Waals surface area contributed by atoms with E-state index in [1.807, 2.05) is 6.07 Å². The number of likely N-dealkylation sites (tertiary alicyclic amines) is 1. The predicted octanol–water partition coefficient (Wildman–Crippen LogP) is 1.13. The van der Waals surface area contributed by atoms with Crippen LogP contribution in [0.2, 0.25) is 0 Å².